The zero-order valence-electron chi connectivity index (χ0n) is 17.5. The lowest BCUT2D eigenvalue weighted by Gasteiger charge is -2.15. The summed E-state index contributed by atoms with van der Waals surface area (Å²) >= 11 is 3.53. The summed E-state index contributed by atoms with van der Waals surface area (Å²) in [7, 11) is 5.73. The van der Waals surface area contributed by atoms with Crippen LogP contribution in [0.25, 0.3) is 0 Å². The number of benzene rings is 2. The summed E-state index contributed by atoms with van der Waals surface area (Å²) in [5.41, 5.74) is 2.96. The minimum absolute atomic E-state index is 0.106. The van der Waals surface area contributed by atoms with E-state index in [0.29, 0.717) is 11.5 Å². The molecule has 2 aromatic rings. The third kappa shape index (κ3) is 8.04. The summed E-state index contributed by atoms with van der Waals surface area (Å²) in [6.45, 7) is 4.62. The molecule has 0 fully saturated rings. The van der Waals surface area contributed by atoms with Crippen LogP contribution < -0.4 is 20.1 Å². The van der Waals surface area contributed by atoms with E-state index in [-0.39, 0.29) is 12.5 Å². The normalized spacial score (nSPS) is 10.8. The van der Waals surface area contributed by atoms with Gasteiger partial charge in [-0.1, -0.05) is 17.7 Å². The average Bonchev–Trinajstić information content (AvgIpc) is 2.68. The first-order chi connectivity index (χ1) is 13.9. The molecule has 0 aliphatic carbocycles. The van der Waals surface area contributed by atoms with E-state index in [1.54, 1.807) is 7.11 Å². The van der Waals surface area contributed by atoms with Crippen molar-refractivity contribution in [2.75, 3.05) is 46.2 Å². The van der Waals surface area contributed by atoms with Gasteiger partial charge >= 0.3 is 0 Å². The molecule has 0 aliphatic heterocycles. The number of anilines is 1. The van der Waals surface area contributed by atoms with E-state index in [0.717, 1.165) is 47.3 Å². The molecule has 2 aromatic carbocycles. The average molecular weight is 464 g/mol. The molecule has 0 saturated heterocycles. The lowest BCUT2D eigenvalue weighted by atomic mass is 10.2. The quantitative estimate of drug-likeness (QED) is 0.495. The van der Waals surface area contributed by atoms with Crippen LogP contribution in [0, 0.1) is 6.92 Å². The Hall–Kier alpha value is -2.09. The summed E-state index contributed by atoms with van der Waals surface area (Å²) in [4.78, 5) is 14.4. The Kier molecular flexibility index (Phi) is 9.44. The Morgan fingerprint density at radius 1 is 1.17 bits per heavy atom. The van der Waals surface area contributed by atoms with Crippen molar-refractivity contribution in [2.24, 2.45) is 0 Å². The minimum atomic E-state index is -0.227. The lowest BCUT2D eigenvalue weighted by molar-refractivity contribution is -0.118. The Bertz CT molecular complexity index is 795. The second-order valence-corrected chi connectivity index (χ2v) is 8.00. The first-order valence-corrected chi connectivity index (χ1v) is 10.4. The van der Waals surface area contributed by atoms with Crippen molar-refractivity contribution in [3.05, 3.63) is 52.0 Å². The van der Waals surface area contributed by atoms with Crippen LogP contribution in [0.2, 0.25) is 0 Å². The van der Waals surface area contributed by atoms with Gasteiger partial charge in [0.25, 0.3) is 5.91 Å². The Labute approximate surface area is 181 Å². The van der Waals surface area contributed by atoms with E-state index in [1.807, 2.05) is 43.3 Å². The van der Waals surface area contributed by atoms with Crippen molar-refractivity contribution < 1.29 is 14.3 Å². The van der Waals surface area contributed by atoms with Crippen LogP contribution in [0.1, 0.15) is 17.5 Å². The van der Waals surface area contributed by atoms with Gasteiger partial charge in [0, 0.05) is 12.2 Å². The number of halogens is 1. The number of amides is 1. The number of methoxy groups -OCH3 is 1. The predicted octanol–water partition coefficient (Wildman–Crippen LogP) is 3.82. The number of hydrogen-bond acceptors (Lipinski definition) is 5. The van der Waals surface area contributed by atoms with Crippen LogP contribution in [0.15, 0.2) is 40.9 Å². The summed E-state index contributed by atoms with van der Waals surface area (Å²) < 4.78 is 12.0. The summed E-state index contributed by atoms with van der Waals surface area (Å²) in [6, 6.07) is 11.5. The van der Waals surface area contributed by atoms with Crippen LogP contribution in [0.4, 0.5) is 5.69 Å². The smallest absolute Gasteiger partial charge is 0.262 e. The number of aryl methyl sites for hydroxylation is 1. The molecule has 0 atom stereocenters. The van der Waals surface area contributed by atoms with Gasteiger partial charge in [0.05, 0.1) is 11.6 Å². The topological polar surface area (TPSA) is 62.8 Å². The second kappa shape index (κ2) is 11.8. The summed E-state index contributed by atoms with van der Waals surface area (Å²) in [5.74, 6) is 0.880. The number of nitrogens with zero attached hydrogens (tertiary/aromatic N) is 1. The van der Waals surface area contributed by atoms with Gasteiger partial charge in [0.1, 0.15) is 0 Å². The molecule has 7 heteroatoms. The first kappa shape index (κ1) is 23.2. The Morgan fingerprint density at radius 2 is 1.90 bits per heavy atom. The molecule has 2 N–H and O–H groups in total. The zero-order chi connectivity index (χ0) is 21.2. The van der Waals surface area contributed by atoms with E-state index in [4.69, 9.17) is 9.47 Å². The fourth-order valence-electron chi connectivity index (χ4n) is 2.74. The fourth-order valence-corrected chi connectivity index (χ4v) is 3.34. The molecule has 0 heterocycles. The van der Waals surface area contributed by atoms with Crippen LogP contribution in [0.5, 0.6) is 11.5 Å². The molecule has 29 heavy (non-hydrogen) atoms. The summed E-state index contributed by atoms with van der Waals surface area (Å²) in [6.07, 6.45) is 1.09. The Morgan fingerprint density at radius 3 is 2.55 bits per heavy atom. The number of carbonyl (C=O) groups is 1. The van der Waals surface area contributed by atoms with Crippen LogP contribution in [-0.2, 0) is 11.3 Å². The van der Waals surface area contributed by atoms with Crippen LogP contribution >= 0.6 is 15.9 Å². The van der Waals surface area contributed by atoms with Gasteiger partial charge in [-0.15, -0.1) is 0 Å². The van der Waals surface area contributed by atoms with Gasteiger partial charge in [-0.25, -0.2) is 0 Å². The van der Waals surface area contributed by atoms with Gasteiger partial charge < -0.3 is 25.0 Å². The molecule has 0 unspecified atom stereocenters. The lowest BCUT2D eigenvalue weighted by Crippen LogP contribution is -2.21. The van der Waals surface area contributed by atoms with E-state index >= 15 is 0 Å². The SMILES string of the molecule is COc1cc(CNCCCN(C)C)cc(Br)c1OCC(=O)Nc1ccc(C)cc1. The molecule has 6 nitrogen and oxygen atoms in total. The second-order valence-electron chi connectivity index (χ2n) is 7.15. The monoisotopic (exact) mass is 463 g/mol. The largest absolute Gasteiger partial charge is 0.493 e. The molecule has 0 bridgehead atoms. The maximum absolute atomic E-state index is 12.2. The van der Waals surface area contributed by atoms with Crippen molar-refractivity contribution >= 4 is 27.5 Å². The van der Waals surface area contributed by atoms with E-state index in [1.165, 1.54) is 0 Å². The predicted molar refractivity (Wildman–Crippen MR) is 121 cm³/mol. The third-order valence-electron chi connectivity index (χ3n) is 4.26. The zero-order valence-corrected chi connectivity index (χ0v) is 19.1. The highest BCUT2D eigenvalue weighted by atomic mass is 79.9. The van der Waals surface area contributed by atoms with Gasteiger partial charge in [-0.2, -0.15) is 0 Å². The molecule has 158 valence electrons. The van der Waals surface area contributed by atoms with E-state index in [2.05, 4.69) is 45.6 Å². The van der Waals surface area contributed by atoms with Crippen LogP contribution in [-0.4, -0.2) is 51.7 Å². The molecular formula is C22H30BrN3O3. The number of nitrogens with one attached hydrogen (secondary N) is 2. The third-order valence-corrected chi connectivity index (χ3v) is 4.85. The highest BCUT2D eigenvalue weighted by Crippen LogP contribution is 2.36. The molecular weight excluding hydrogens is 434 g/mol. The molecule has 0 aliphatic rings. The highest BCUT2D eigenvalue weighted by molar-refractivity contribution is 9.10. The summed E-state index contributed by atoms with van der Waals surface area (Å²) in [5, 5.41) is 6.25. The van der Waals surface area contributed by atoms with Crippen molar-refractivity contribution in [1.29, 1.82) is 0 Å². The number of carbonyl (C=O) groups excluding carboxylic acids is 1. The van der Waals surface area contributed by atoms with Gasteiger partial charge in [-0.05, 0) is 86.3 Å². The number of hydrogen-bond donors (Lipinski definition) is 2. The molecule has 0 radical (unpaired) electrons. The first-order valence-electron chi connectivity index (χ1n) is 9.60. The van der Waals surface area contributed by atoms with Crippen LogP contribution in [0.3, 0.4) is 0 Å². The van der Waals surface area contributed by atoms with E-state index in [9.17, 15) is 4.79 Å². The van der Waals surface area contributed by atoms with Gasteiger partial charge in [0.2, 0.25) is 0 Å². The molecule has 0 spiro atoms. The molecule has 2 rings (SSSR count). The standard InChI is InChI=1S/C22H30BrN3O3/c1-16-6-8-18(9-7-16)25-21(27)15-29-22-19(23)12-17(13-20(22)28-4)14-24-10-5-11-26(2)3/h6-9,12-13,24H,5,10-11,14-15H2,1-4H3,(H,25,27). The van der Waals surface area contributed by atoms with Gasteiger partial charge in [0.15, 0.2) is 18.1 Å². The van der Waals surface area contributed by atoms with Crippen molar-refractivity contribution in [3.8, 4) is 11.5 Å². The Balaban J connectivity index is 1.90. The van der Waals surface area contributed by atoms with Crippen molar-refractivity contribution in [2.45, 2.75) is 19.9 Å². The fraction of sp³-hybridized carbons (Fsp3) is 0.409. The molecule has 0 aromatic heterocycles. The minimum Gasteiger partial charge on any atom is -0.493 e. The maximum atomic E-state index is 12.2. The van der Waals surface area contributed by atoms with Gasteiger partial charge in [-0.3, -0.25) is 4.79 Å². The number of ether oxygens (including phenoxy) is 2. The van der Waals surface area contributed by atoms with E-state index < -0.39 is 0 Å². The van der Waals surface area contributed by atoms with Crippen molar-refractivity contribution in [1.82, 2.24) is 10.2 Å². The molecule has 1 amide bonds. The highest BCUT2D eigenvalue weighted by Gasteiger charge is 2.14. The number of rotatable bonds is 11. The van der Waals surface area contributed by atoms with Crippen molar-refractivity contribution in [3.63, 3.8) is 0 Å². The maximum Gasteiger partial charge on any atom is 0.262 e. The molecule has 0 saturated carbocycles.